The number of aryl methyl sites for hydroxylation is 1. The Bertz CT molecular complexity index is 1120. The number of esters is 2. The lowest BCUT2D eigenvalue weighted by molar-refractivity contribution is -0.143. The van der Waals surface area contributed by atoms with Gasteiger partial charge < -0.3 is 15.2 Å². The Kier molecular flexibility index (Phi) is 7.27. The lowest BCUT2D eigenvalue weighted by Gasteiger charge is -2.10. The molecule has 0 aliphatic rings. The van der Waals surface area contributed by atoms with Crippen molar-refractivity contribution in [2.45, 2.75) is 26.7 Å². The van der Waals surface area contributed by atoms with E-state index >= 15 is 0 Å². The normalized spacial score (nSPS) is 10.6. The smallest absolute Gasteiger partial charge is 0.338 e. The molecule has 2 aromatic heterocycles. The molecule has 0 unspecified atom stereocenters. The molecule has 0 radical (unpaired) electrons. The number of amidine groups is 1. The second kappa shape index (κ2) is 10.3. The molecule has 1 aromatic carbocycles. The van der Waals surface area contributed by atoms with Crippen LogP contribution in [0.25, 0.3) is 17.1 Å². The molecule has 0 saturated heterocycles. The largest absolute Gasteiger partial charge is 0.466 e. The number of rotatable bonds is 9. The molecule has 0 spiro atoms. The molecule has 0 aliphatic carbocycles. The Morgan fingerprint density at radius 1 is 1.09 bits per heavy atom. The van der Waals surface area contributed by atoms with Crippen LogP contribution in [0.1, 0.15) is 41.9 Å². The number of ether oxygens (including phenoxy) is 2. The topological polar surface area (TPSA) is 146 Å². The number of benzene rings is 1. The van der Waals surface area contributed by atoms with Crippen molar-refractivity contribution in [2.24, 2.45) is 5.73 Å². The zero-order valence-corrected chi connectivity index (χ0v) is 17.9. The van der Waals surface area contributed by atoms with Crippen LogP contribution in [0, 0.1) is 5.41 Å². The molecule has 0 atom stereocenters. The first-order valence-electron chi connectivity index (χ1n) is 10.1. The second-order valence-corrected chi connectivity index (χ2v) is 6.75. The maximum atomic E-state index is 12.0. The minimum atomic E-state index is -0.484. The SMILES string of the molecule is CCOC(=O)CCc1cn(-c2ccc(-c3ccc(C(=O)OCC)cc3C(=N)N)nn2)cn1. The summed E-state index contributed by atoms with van der Waals surface area (Å²) in [6.07, 6.45) is 4.09. The molecule has 0 bridgehead atoms. The molecule has 3 N–H and O–H groups in total. The maximum absolute atomic E-state index is 12.0. The summed E-state index contributed by atoms with van der Waals surface area (Å²) in [5, 5.41) is 16.3. The third kappa shape index (κ3) is 5.34. The Balaban J connectivity index is 1.79. The predicted molar refractivity (Wildman–Crippen MR) is 117 cm³/mol. The van der Waals surface area contributed by atoms with E-state index in [-0.39, 0.29) is 24.8 Å². The van der Waals surface area contributed by atoms with Gasteiger partial charge in [0.15, 0.2) is 5.82 Å². The number of nitrogens with one attached hydrogen (secondary N) is 1. The Hall–Kier alpha value is -4.08. The second-order valence-electron chi connectivity index (χ2n) is 6.75. The molecule has 0 saturated carbocycles. The van der Waals surface area contributed by atoms with Gasteiger partial charge in [-0.05, 0) is 38.1 Å². The van der Waals surface area contributed by atoms with Gasteiger partial charge in [0.2, 0.25) is 0 Å². The number of nitrogens with zero attached hydrogens (tertiary/aromatic N) is 4. The summed E-state index contributed by atoms with van der Waals surface area (Å²) in [7, 11) is 0. The van der Waals surface area contributed by atoms with Crippen molar-refractivity contribution in [1.29, 1.82) is 5.41 Å². The van der Waals surface area contributed by atoms with Crippen LogP contribution in [-0.2, 0) is 20.7 Å². The molecule has 0 aliphatic heterocycles. The van der Waals surface area contributed by atoms with Crippen LogP contribution >= 0.6 is 0 Å². The molecular formula is C22H24N6O4. The highest BCUT2D eigenvalue weighted by molar-refractivity contribution is 6.03. The number of hydrogen-bond acceptors (Lipinski definition) is 8. The molecule has 3 aromatic rings. The van der Waals surface area contributed by atoms with Gasteiger partial charge in [0, 0.05) is 23.7 Å². The standard InChI is InChI=1S/C22H24N6O4/c1-3-31-20(29)10-6-15-12-28(13-25-15)19-9-8-18(26-27-19)16-7-5-14(22(30)32-4-2)11-17(16)21(23)24/h5,7-9,11-13H,3-4,6,10H2,1-2H3,(H3,23,24). The first-order valence-corrected chi connectivity index (χ1v) is 10.1. The van der Waals surface area contributed by atoms with Gasteiger partial charge in [-0.1, -0.05) is 6.07 Å². The maximum Gasteiger partial charge on any atom is 0.338 e. The number of hydrogen-bond donors (Lipinski definition) is 2. The summed E-state index contributed by atoms with van der Waals surface area (Å²) in [5.74, 6) is -0.405. The van der Waals surface area contributed by atoms with E-state index in [1.54, 1.807) is 55.2 Å². The summed E-state index contributed by atoms with van der Waals surface area (Å²) in [5.41, 5.74) is 8.20. The summed E-state index contributed by atoms with van der Waals surface area (Å²) >= 11 is 0. The predicted octanol–water partition coefficient (Wildman–Crippen LogP) is 2.29. The summed E-state index contributed by atoms with van der Waals surface area (Å²) in [6.45, 7) is 4.09. The Labute approximate surface area is 184 Å². The van der Waals surface area contributed by atoms with E-state index < -0.39 is 5.97 Å². The van der Waals surface area contributed by atoms with Gasteiger partial charge in [0.05, 0.1) is 36.6 Å². The van der Waals surface area contributed by atoms with Gasteiger partial charge in [-0.25, -0.2) is 9.78 Å². The van der Waals surface area contributed by atoms with Crippen LogP contribution < -0.4 is 5.73 Å². The van der Waals surface area contributed by atoms with E-state index in [4.69, 9.17) is 20.6 Å². The van der Waals surface area contributed by atoms with Crippen molar-refractivity contribution < 1.29 is 19.1 Å². The van der Waals surface area contributed by atoms with E-state index in [0.717, 1.165) is 5.69 Å². The fourth-order valence-corrected chi connectivity index (χ4v) is 3.02. The molecule has 3 rings (SSSR count). The van der Waals surface area contributed by atoms with Gasteiger partial charge in [-0.3, -0.25) is 14.8 Å². The van der Waals surface area contributed by atoms with Crippen LogP contribution in [0.15, 0.2) is 42.9 Å². The minimum Gasteiger partial charge on any atom is -0.466 e. The van der Waals surface area contributed by atoms with E-state index in [0.29, 0.717) is 41.2 Å². The molecule has 166 valence electrons. The summed E-state index contributed by atoms with van der Waals surface area (Å²) in [4.78, 5) is 27.8. The van der Waals surface area contributed by atoms with Gasteiger partial charge >= 0.3 is 11.9 Å². The first kappa shape index (κ1) is 22.6. The third-order valence-electron chi connectivity index (χ3n) is 4.54. The highest BCUT2D eigenvalue weighted by Gasteiger charge is 2.15. The average Bonchev–Trinajstić information content (AvgIpc) is 3.27. The van der Waals surface area contributed by atoms with Gasteiger partial charge in [-0.15, -0.1) is 10.2 Å². The average molecular weight is 436 g/mol. The molecule has 10 nitrogen and oxygen atoms in total. The van der Waals surface area contributed by atoms with Crippen LogP contribution in [0.2, 0.25) is 0 Å². The summed E-state index contributed by atoms with van der Waals surface area (Å²) < 4.78 is 11.6. The van der Waals surface area contributed by atoms with Crippen LogP contribution in [-0.4, -0.2) is 50.7 Å². The number of nitrogens with two attached hydrogens (primary N) is 1. The Morgan fingerprint density at radius 3 is 2.53 bits per heavy atom. The van der Waals surface area contributed by atoms with Gasteiger partial charge in [-0.2, -0.15) is 0 Å². The van der Waals surface area contributed by atoms with Crippen molar-refractivity contribution in [2.75, 3.05) is 13.2 Å². The number of nitrogen functional groups attached to an aromatic ring is 1. The number of aromatic nitrogens is 4. The molecule has 0 fully saturated rings. The monoisotopic (exact) mass is 436 g/mol. The fraction of sp³-hybridized carbons (Fsp3) is 0.273. The van der Waals surface area contributed by atoms with Crippen LogP contribution in [0.3, 0.4) is 0 Å². The number of imidazole rings is 1. The Morgan fingerprint density at radius 2 is 1.88 bits per heavy atom. The van der Waals surface area contributed by atoms with E-state index in [1.165, 1.54) is 6.07 Å². The van der Waals surface area contributed by atoms with E-state index in [2.05, 4.69) is 15.2 Å². The minimum absolute atomic E-state index is 0.196. The van der Waals surface area contributed by atoms with Crippen LogP contribution in [0.5, 0.6) is 0 Å². The van der Waals surface area contributed by atoms with E-state index in [1.807, 2.05) is 0 Å². The molecule has 32 heavy (non-hydrogen) atoms. The molecule has 0 amide bonds. The highest BCUT2D eigenvalue weighted by atomic mass is 16.5. The van der Waals surface area contributed by atoms with Crippen molar-refractivity contribution in [3.8, 4) is 17.1 Å². The van der Waals surface area contributed by atoms with Crippen molar-refractivity contribution in [1.82, 2.24) is 19.7 Å². The molecular weight excluding hydrogens is 412 g/mol. The van der Waals surface area contributed by atoms with Crippen molar-refractivity contribution in [3.05, 3.63) is 59.7 Å². The molecule has 10 heteroatoms. The number of carbonyl (C=O) groups excluding carboxylic acids is 2. The van der Waals surface area contributed by atoms with Gasteiger partial charge in [0.25, 0.3) is 0 Å². The lowest BCUT2D eigenvalue weighted by Crippen LogP contribution is -2.15. The van der Waals surface area contributed by atoms with Crippen LogP contribution in [0.4, 0.5) is 0 Å². The third-order valence-corrected chi connectivity index (χ3v) is 4.54. The number of carbonyl (C=O) groups is 2. The molecule has 2 heterocycles. The van der Waals surface area contributed by atoms with Crippen molar-refractivity contribution in [3.63, 3.8) is 0 Å². The van der Waals surface area contributed by atoms with Gasteiger partial charge in [0.1, 0.15) is 12.2 Å². The highest BCUT2D eigenvalue weighted by Crippen LogP contribution is 2.23. The van der Waals surface area contributed by atoms with Crippen molar-refractivity contribution >= 4 is 17.8 Å². The summed E-state index contributed by atoms with van der Waals surface area (Å²) in [6, 6.07) is 8.27. The van der Waals surface area contributed by atoms with E-state index in [9.17, 15) is 9.59 Å². The zero-order chi connectivity index (χ0) is 23.1. The fourth-order valence-electron chi connectivity index (χ4n) is 3.02. The zero-order valence-electron chi connectivity index (χ0n) is 17.9. The first-order chi connectivity index (χ1) is 15.4. The lowest BCUT2D eigenvalue weighted by atomic mass is 10.0. The quantitative estimate of drug-likeness (QED) is 0.295.